The highest BCUT2D eigenvalue weighted by Gasteiger charge is 2.11. The van der Waals surface area contributed by atoms with Gasteiger partial charge in [-0.25, -0.2) is 0 Å². The summed E-state index contributed by atoms with van der Waals surface area (Å²) in [5.74, 6) is 0. The Morgan fingerprint density at radius 3 is 2.32 bits per heavy atom. The molecule has 4 aromatic rings. The molecule has 0 fully saturated rings. The Hall–Kier alpha value is -4.10. The quantitative estimate of drug-likeness (QED) is 0.323. The van der Waals surface area contributed by atoms with Gasteiger partial charge in [-0.05, 0) is 53.3 Å². The molecule has 0 radical (unpaired) electrons. The van der Waals surface area contributed by atoms with Gasteiger partial charge in [0.1, 0.15) is 5.69 Å². The Balaban J connectivity index is 1.60. The van der Waals surface area contributed by atoms with Gasteiger partial charge in [0.25, 0.3) is 5.56 Å². The fraction of sp³-hybridized carbons (Fsp3) is 0.200. The van der Waals surface area contributed by atoms with Gasteiger partial charge >= 0.3 is 0 Å². The summed E-state index contributed by atoms with van der Waals surface area (Å²) in [5, 5.41) is 12.7. The number of nitrogens with one attached hydrogen (secondary N) is 1. The number of aromatic nitrogens is 1. The van der Waals surface area contributed by atoms with Crippen LogP contribution in [0.25, 0.3) is 11.1 Å². The van der Waals surface area contributed by atoms with Crippen molar-refractivity contribution in [2.45, 2.75) is 39.3 Å². The average Bonchev–Trinajstić information content (AvgIpc) is 2.89. The number of unbranched alkanes of at least 4 members (excludes halogenated alkanes) is 1. The third-order valence-corrected chi connectivity index (χ3v) is 6.03. The van der Waals surface area contributed by atoms with Crippen LogP contribution in [0.1, 0.15) is 42.1 Å². The molecule has 1 aromatic heterocycles. The van der Waals surface area contributed by atoms with Crippen molar-refractivity contribution < 1.29 is 0 Å². The third-order valence-electron chi connectivity index (χ3n) is 6.03. The molecule has 1 heterocycles. The number of hydrogen-bond acceptors (Lipinski definition) is 3. The van der Waals surface area contributed by atoms with Gasteiger partial charge in [-0.2, -0.15) is 5.26 Å². The van der Waals surface area contributed by atoms with E-state index < -0.39 is 0 Å². The minimum Gasteiger partial charge on any atom is -0.377 e. The molecule has 0 amide bonds. The maximum Gasteiger partial charge on any atom is 0.274 e. The summed E-state index contributed by atoms with van der Waals surface area (Å²) in [6, 6.07) is 32.1. The van der Waals surface area contributed by atoms with Crippen LogP contribution in [0.3, 0.4) is 0 Å². The smallest absolute Gasteiger partial charge is 0.274 e. The first-order valence-corrected chi connectivity index (χ1v) is 11.8. The largest absolute Gasteiger partial charge is 0.377 e. The first-order chi connectivity index (χ1) is 16.7. The molecule has 0 atom stereocenters. The summed E-state index contributed by atoms with van der Waals surface area (Å²) >= 11 is 0. The first kappa shape index (κ1) is 23.1. The molecule has 4 heteroatoms. The SMILES string of the molecule is CCCCc1ccc(NCc2ccccc2)c(=O)n1Cc1ccc(-c2ccccc2C#N)cc1. The molecule has 0 spiro atoms. The molecule has 0 unspecified atom stereocenters. The van der Waals surface area contributed by atoms with Gasteiger partial charge in [-0.3, -0.25) is 4.79 Å². The second-order valence-electron chi connectivity index (χ2n) is 8.43. The van der Waals surface area contributed by atoms with Gasteiger partial charge in [0.2, 0.25) is 0 Å². The van der Waals surface area contributed by atoms with E-state index in [9.17, 15) is 10.1 Å². The Kier molecular flexibility index (Phi) is 7.57. The van der Waals surface area contributed by atoms with Crippen molar-refractivity contribution in [3.05, 3.63) is 124 Å². The molecule has 34 heavy (non-hydrogen) atoms. The first-order valence-electron chi connectivity index (χ1n) is 11.8. The molecule has 4 nitrogen and oxygen atoms in total. The number of nitriles is 1. The Morgan fingerprint density at radius 1 is 0.853 bits per heavy atom. The Labute approximate surface area is 201 Å². The predicted molar refractivity (Wildman–Crippen MR) is 139 cm³/mol. The van der Waals surface area contributed by atoms with Gasteiger partial charge < -0.3 is 9.88 Å². The maximum atomic E-state index is 13.4. The standard InChI is InChI=1S/C30H29N3O/c1-2-3-12-27-18-19-29(32-21-23-9-5-4-6-10-23)30(34)33(27)22-24-14-16-25(17-15-24)28-13-8-7-11-26(28)20-31/h4-11,13-19,32H,2-3,12,21-22H2,1H3. The predicted octanol–water partition coefficient (Wildman–Crippen LogP) is 6.39. The van der Waals surface area contributed by atoms with E-state index in [2.05, 4.69) is 24.4 Å². The van der Waals surface area contributed by atoms with Crippen molar-refractivity contribution in [3.8, 4) is 17.2 Å². The monoisotopic (exact) mass is 447 g/mol. The van der Waals surface area contributed by atoms with Crippen molar-refractivity contribution >= 4 is 5.69 Å². The van der Waals surface area contributed by atoms with Crippen LogP contribution in [0.5, 0.6) is 0 Å². The highest BCUT2D eigenvalue weighted by Crippen LogP contribution is 2.24. The van der Waals surface area contributed by atoms with E-state index in [-0.39, 0.29) is 5.56 Å². The lowest BCUT2D eigenvalue weighted by Crippen LogP contribution is -2.26. The summed E-state index contributed by atoms with van der Waals surface area (Å²) in [4.78, 5) is 13.4. The second kappa shape index (κ2) is 11.2. The number of hydrogen-bond donors (Lipinski definition) is 1. The van der Waals surface area contributed by atoms with Gasteiger partial charge in [0.05, 0.1) is 18.2 Å². The normalized spacial score (nSPS) is 10.6. The molecule has 3 aromatic carbocycles. The molecule has 170 valence electrons. The maximum absolute atomic E-state index is 13.4. The molecule has 0 saturated carbocycles. The topological polar surface area (TPSA) is 57.8 Å². The molecule has 0 aliphatic rings. The van der Waals surface area contributed by atoms with Crippen LogP contribution in [-0.4, -0.2) is 4.57 Å². The molecule has 0 bridgehead atoms. The lowest BCUT2D eigenvalue weighted by atomic mass is 9.99. The minimum absolute atomic E-state index is 0.00318. The molecule has 4 rings (SSSR count). The molecule has 0 aliphatic carbocycles. The zero-order valence-corrected chi connectivity index (χ0v) is 19.5. The fourth-order valence-corrected chi connectivity index (χ4v) is 4.10. The highest BCUT2D eigenvalue weighted by atomic mass is 16.1. The van der Waals surface area contributed by atoms with Gasteiger partial charge in [-0.1, -0.05) is 86.1 Å². The lowest BCUT2D eigenvalue weighted by molar-refractivity contribution is 0.668. The number of pyridine rings is 1. The van der Waals surface area contributed by atoms with Gasteiger partial charge in [0, 0.05) is 12.2 Å². The number of aryl methyl sites for hydroxylation is 1. The van der Waals surface area contributed by atoms with Crippen molar-refractivity contribution in [2.24, 2.45) is 0 Å². The zero-order chi connectivity index (χ0) is 23.8. The molecule has 0 saturated heterocycles. The minimum atomic E-state index is 0.00318. The summed E-state index contributed by atoms with van der Waals surface area (Å²) in [6.07, 6.45) is 2.99. The van der Waals surface area contributed by atoms with Crippen LogP contribution in [0.2, 0.25) is 0 Å². The van der Waals surface area contributed by atoms with E-state index in [1.165, 1.54) is 0 Å². The van der Waals surface area contributed by atoms with E-state index >= 15 is 0 Å². The van der Waals surface area contributed by atoms with Crippen molar-refractivity contribution in [1.82, 2.24) is 4.57 Å². The summed E-state index contributed by atoms with van der Waals surface area (Å²) < 4.78 is 1.89. The second-order valence-corrected chi connectivity index (χ2v) is 8.43. The number of benzene rings is 3. The van der Waals surface area contributed by atoms with Gasteiger partial charge in [0.15, 0.2) is 0 Å². The molecule has 1 N–H and O–H groups in total. The summed E-state index contributed by atoms with van der Waals surface area (Å²) in [5.41, 5.74) is 6.44. The Morgan fingerprint density at radius 2 is 1.59 bits per heavy atom. The van der Waals surface area contributed by atoms with Crippen molar-refractivity contribution in [2.75, 3.05) is 5.32 Å². The molecule has 0 aliphatic heterocycles. The van der Waals surface area contributed by atoms with E-state index in [1.807, 2.05) is 89.5 Å². The zero-order valence-electron chi connectivity index (χ0n) is 19.5. The van der Waals surface area contributed by atoms with E-state index in [0.29, 0.717) is 24.3 Å². The van der Waals surface area contributed by atoms with Crippen LogP contribution in [0, 0.1) is 11.3 Å². The summed E-state index contributed by atoms with van der Waals surface area (Å²) in [7, 11) is 0. The lowest BCUT2D eigenvalue weighted by Gasteiger charge is -2.16. The fourth-order valence-electron chi connectivity index (χ4n) is 4.10. The number of anilines is 1. The van der Waals surface area contributed by atoms with Crippen LogP contribution in [0.4, 0.5) is 5.69 Å². The van der Waals surface area contributed by atoms with E-state index in [1.54, 1.807) is 0 Å². The van der Waals surface area contributed by atoms with Crippen LogP contribution >= 0.6 is 0 Å². The highest BCUT2D eigenvalue weighted by molar-refractivity contribution is 5.70. The van der Waals surface area contributed by atoms with Crippen LogP contribution in [-0.2, 0) is 19.5 Å². The average molecular weight is 448 g/mol. The summed E-state index contributed by atoms with van der Waals surface area (Å²) in [6.45, 7) is 3.28. The molecular weight excluding hydrogens is 418 g/mol. The van der Waals surface area contributed by atoms with E-state index in [4.69, 9.17) is 0 Å². The number of rotatable bonds is 9. The number of nitrogens with zero attached hydrogens (tertiary/aromatic N) is 2. The van der Waals surface area contributed by atoms with Crippen molar-refractivity contribution in [3.63, 3.8) is 0 Å². The van der Waals surface area contributed by atoms with Crippen molar-refractivity contribution in [1.29, 1.82) is 5.26 Å². The van der Waals surface area contributed by atoms with Gasteiger partial charge in [-0.15, -0.1) is 0 Å². The van der Waals surface area contributed by atoms with Crippen LogP contribution in [0.15, 0.2) is 95.8 Å². The molecular formula is C30H29N3O. The third kappa shape index (κ3) is 5.44. The Bertz CT molecular complexity index is 1330. The van der Waals surface area contributed by atoms with E-state index in [0.717, 1.165) is 47.2 Å². The van der Waals surface area contributed by atoms with Crippen LogP contribution < -0.4 is 10.9 Å².